The van der Waals surface area contributed by atoms with Gasteiger partial charge in [-0.1, -0.05) is 73.3 Å². The molecule has 7 heteroatoms. The molecule has 140 valence electrons. The van der Waals surface area contributed by atoms with Gasteiger partial charge in [-0.05, 0) is 40.4 Å². The number of thioether (sulfide) groups is 1. The van der Waals surface area contributed by atoms with Crippen molar-refractivity contribution in [2.45, 2.75) is 23.8 Å². The monoisotopic (exact) mass is 389 g/mol. The lowest BCUT2D eigenvalue weighted by Gasteiger charge is -2.15. The fourth-order valence-electron chi connectivity index (χ4n) is 2.98. The molecule has 0 bridgehead atoms. The second-order valence-electron chi connectivity index (χ2n) is 6.24. The Balaban J connectivity index is 1.55. The van der Waals surface area contributed by atoms with Crippen LogP contribution in [0, 0.1) is 0 Å². The quantitative estimate of drug-likeness (QED) is 0.497. The third-order valence-electron chi connectivity index (χ3n) is 4.40. The van der Waals surface area contributed by atoms with Crippen LogP contribution >= 0.6 is 11.8 Å². The van der Waals surface area contributed by atoms with Crippen molar-refractivity contribution in [3.8, 4) is 5.69 Å². The predicted molar refractivity (Wildman–Crippen MR) is 112 cm³/mol. The molecular formula is C21H19N5OS. The molecule has 4 rings (SSSR count). The number of anilines is 1. The first kappa shape index (κ1) is 18.2. The summed E-state index contributed by atoms with van der Waals surface area (Å²) < 4.78 is 1.65. The highest BCUT2D eigenvalue weighted by Crippen LogP contribution is 2.28. The summed E-state index contributed by atoms with van der Waals surface area (Å²) in [5, 5.41) is 17.4. The van der Waals surface area contributed by atoms with E-state index in [0.29, 0.717) is 11.6 Å². The van der Waals surface area contributed by atoms with Crippen molar-refractivity contribution < 1.29 is 4.79 Å². The Bertz CT molecular complexity index is 1090. The lowest BCUT2D eigenvalue weighted by Crippen LogP contribution is -2.25. The van der Waals surface area contributed by atoms with E-state index in [0.717, 1.165) is 22.1 Å². The number of amides is 1. The van der Waals surface area contributed by atoms with Gasteiger partial charge >= 0.3 is 0 Å². The highest BCUT2D eigenvalue weighted by Gasteiger charge is 2.22. The Morgan fingerprint density at radius 2 is 1.79 bits per heavy atom. The topological polar surface area (TPSA) is 72.7 Å². The Kier molecular flexibility index (Phi) is 5.34. The van der Waals surface area contributed by atoms with Crippen LogP contribution in [-0.4, -0.2) is 31.4 Å². The second-order valence-corrected chi connectivity index (χ2v) is 7.41. The van der Waals surface area contributed by atoms with Crippen molar-refractivity contribution >= 4 is 34.1 Å². The van der Waals surface area contributed by atoms with Crippen LogP contribution in [0.15, 0.2) is 78.0 Å². The summed E-state index contributed by atoms with van der Waals surface area (Å²) in [6.07, 6.45) is 0.656. The third-order valence-corrected chi connectivity index (χ3v) is 5.70. The number of carbonyl (C=O) groups excluding carboxylic acids is 1. The first-order chi connectivity index (χ1) is 13.8. The number of nitrogens with zero attached hydrogens (tertiary/aromatic N) is 4. The summed E-state index contributed by atoms with van der Waals surface area (Å²) in [7, 11) is 0. The number of benzene rings is 3. The van der Waals surface area contributed by atoms with Gasteiger partial charge in [-0.3, -0.25) is 4.79 Å². The van der Waals surface area contributed by atoms with Gasteiger partial charge in [0.05, 0.1) is 10.9 Å². The first-order valence-electron chi connectivity index (χ1n) is 9.05. The van der Waals surface area contributed by atoms with E-state index in [9.17, 15) is 4.79 Å². The van der Waals surface area contributed by atoms with Gasteiger partial charge in [-0.2, -0.15) is 4.68 Å². The van der Waals surface area contributed by atoms with E-state index in [1.54, 1.807) is 4.68 Å². The van der Waals surface area contributed by atoms with Crippen molar-refractivity contribution in [3.63, 3.8) is 0 Å². The van der Waals surface area contributed by atoms with Crippen LogP contribution in [0.25, 0.3) is 16.5 Å². The minimum Gasteiger partial charge on any atom is -0.325 e. The number of hydrogen-bond acceptors (Lipinski definition) is 5. The second kappa shape index (κ2) is 8.22. The SMILES string of the molecule is CC[C@H](Sc1nnnn1-c1ccccc1)C(=O)Nc1cccc2ccccc12. The normalized spacial score (nSPS) is 12.0. The van der Waals surface area contributed by atoms with E-state index in [4.69, 9.17) is 0 Å². The Labute approximate surface area is 167 Å². The van der Waals surface area contributed by atoms with E-state index in [2.05, 4.69) is 20.8 Å². The van der Waals surface area contributed by atoms with Gasteiger partial charge in [0.2, 0.25) is 11.1 Å². The van der Waals surface area contributed by atoms with Gasteiger partial charge in [0.1, 0.15) is 0 Å². The summed E-state index contributed by atoms with van der Waals surface area (Å²) in [4.78, 5) is 13.0. The zero-order valence-corrected chi connectivity index (χ0v) is 16.1. The number of nitrogens with one attached hydrogen (secondary N) is 1. The molecule has 3 aromatic carbocycles. The molecule has 0 fully saturated rings. The number of rotatable bonds is 6. The molecule has 1 N–H and O–H groups in total. The third kappa shape index (κ3) is 3.75. The van der Waals surface area contributed by atoms with Gasteiger partial charge in [-0.15, -0.1) is 5.10 Å². The van der Waals surface area contributed by atoms with Crippen molar-refractivity contribution in [2.75, 3.05) is 5.32 Å². The zero-order chi connectivity index (χ0) is 19.3. The van der Waals surface area contributed by atoms with Crippen LogP contribution < -0.4 is 5.32 Å². The maximum atomic E-state index is 13.0. The van der Waals surface area contributed by atoms with Crippen LogP contribution in [-0.2, 0) is 4.79 Å². The largest absolute Gasteiger partial charge is 0.325 e. The Morgan fingerprint density at radius 3 is 2.61 bits per heavy atom. The molecule has 0 unspecified atom stereocenters. The summed E-state index contributed by atoms with van der Waals surface area (Å²) in [6.45, 7) is 1.98. The highest BCUT2D eigenvalue weighted by atomic mass is 32.2. The van der Waals surface area contributed by atoms with E-state index in [1.807, 2.05) is 79.7 Å². The standard InChI is InChI=1S/C21H19N5OS/c1-2-19(28-21-23-24-25-26(21)16-11-4-3-5-12-16)20(27)22-18-14-8-10-15-9-6-7-13-17(15)18/h3-14,19H,2H2,1H3,(H,22,27)/t19-/m0/s1. The van der Waals surface area contributed by atoms with Crippen LogP contribution in [0.5, 0.6) is 0 Å². The zero-order valence-electron chi connectivity index (χ0n) is 15.3. The molecule has 0 aliphatic heterocycles. The van der Waals surface area contributed by atoms with Crippen molar-refractivity contribution in [3.05, 3.63) is 72.8 Å². The van der Waals surface area contributed by atoms with Gasteiger partial charge in [-0.25, -0.2) is 0 Å². The molecule has 0 spiro atoms. The number of hydrogen-bond donors (Lipinski definition) is 1. The fourth-order valence-corrected chi connectivity index (χ4v) is 3.89. The molecule has 0 saturated carbocycles. The molecule has 28 heavy (non-hydrogen) atoms. The minimum absolute atomic E-state index is 0.0635. The van der Waals surface area contributed by atoms with E-state index < -0.39 is 0 Å². The van der Waals surface area contributed by atoms with Crippen molar-refractivity contribution in [1.82, 2.24) is 20.2 Å². The van der Waals surface area contributed by atoms with E-state index in [-0.39, 0.29) is 11.2 Å². The Morgan fingerprint density at radius 1 is 1.04 bits per heavy atom. The molecule has 0 aliphatic rings. The smallest absolute Gasteiger partial charge is 0.237 e. The van der Waals surface area contributed by atoms with Crippen LogP contribution in [0.3, 0.4) is 0 Å². The van der Waals surface area contributed by atoms with Crippen molar-refractivity contribution in [1.29, 1.82) is 0 Å². The van der Waals surface area contributed by atoms with E-state index >= 15 is 0 Å². The van der Waals surface area contributed by atoms with E-state index in [1.165, 1.54) is 11.8 Å². The summed E-state index contributed by atoms with van der Waals surface area (Å²) in [6, 6.07) is 23.5. The highest BCUT2D eigenvalue weighted by molar-refractivity contribution is 8.00. The summed E-state index contributed by atoms with van der Waals surface area (Å²) in [5.74, 6) is -0.0635. The first-order valence-corrected chi connectivity index (χ1v) is 9.93. The summed E-state index contributed by atoms with van der Waals surface area (Å²) in [5.41, 5.74) is 1.67. The summed E-state index contributed by atoms with van der Waals surface area (Å²) >= 11 is 1.36. The van der Waals surface area contributed by atoms with Gasteiger partial charge < -0.3 is 5.32 Å². The number of para-hydroxylation sites is 1. The molecule has 1 atom stereocenters. The number of aromatic nitrogens is 4. The average molecular weight is 389 g/mol. The van der Waals surface area contributed by atoms with Crippen LogP contribution in [0.4, 0.5) is 5.69 Å². The van der Waals surface area contributed by atoms with Crippen LogP contribution in [0.1, 0.15) is 13.3 Å². The molecule has 0 radical (unpaired) electrons. The predicted octanol–water partition coefficient (Wildman–Crippen LogP) is 4.32. The maximum absolute atomic E-state index is 13.0. The van der Waals surface area contributed by atoms with Crippen molar-refractivity contribution in [2.24, 2.45) is 0 Å². The minimum atomic E-state index is -0.313. The molecule has 1 aromatic heterocycles. The van der Waals surface area contributed by atoms with Crippen LogP contribution in [0.2, 0.25) is 0 Å². The molecule has 4 aromatic rings. The van der Waals surface area contributed by atoms with Gasteiger partial charge in [0.15, 0.2) is 0 Å². The molecule has 6 nitrogen and oxygen atoms in total. The molecular weight excluding hydrogens is 370 g/mol. The molecule has 1 heterocycles. The maximum Gasteiger partial charge on any atom is 0.237 e. The number of fused-ring (bicyclic) bond motifs is 1. The Hall–Kier alpha value is -3.19. The number of carbonyl (C=O) groups is 1. The number of tetrazole rings is 1. The lowest BCUT2D eigenvalue weighted by molar-refractivity contribution is -0.115. The molecule has 0 saturated heterocycles. The lowest BCUT2D eigenvalue weighted by atomic mass is 10.1. The fraction of sp³-hybridized carbons (Fsp3) is 0.143. The molecule has 0 aliphatic carbocycles. The molecule has 1 amide bonds. The average Bonchev–Trinajstić information content (AvgIpc) is 3.21. The van der Waals surface area contributed by atoms with Gasteiger partial charge in [0, 0.05) is 11.1 Å². The van der Waals surface area contributed by atoms with Gasteiger partial charge in [0.25, 0.3) is 0 Å².